The van der Waals surface area contributed by atoms with Crippen molar-refractivity contribution in [3.05, 3.63) is 29.6 Å². The molecule has 0 aromatic carbocycles. The largest absolute Gasteiger partial charge is 0.364 e. The second-order valence-electron chi connectivity index (χ2n) is 2.22. The second kappa shape index (κ2) is 2.74. The average molecular weight is 178 g/mol. The molecule has 0 N–H and O–H groups in total. The molecule has 11 heavy (non-hydrogen) atoms. The lowest BCUT2D eigenvalue weighted by Gasteiger charge is -2.06. The Balaban J connectivity index is 3.06. The molecule has 1 rings (SSSR count). The van der Waals surface area contributed by atoms with Crippen molar-refractivity contribution in [3.8, 4) is 0 Å². The van der Waals surface area contributed by atoms with E-state index in [1.807, 2.05) is 0 Å². The Morgan fingerprint density at radius 3 is 2.55 bits per heavy atom. The highest BCUT2D eigenvalue weighted by Gasteiger charge is 2.29. The van der Waals surface area contributed by atoms with Gasteiger partial charge in [-0.15, -0.1) is 0 Å². The molecule has 0 fully saturated rings. The zero-order valence-electron chi connectivity index (χ0n) is 5.81. The lowest BCUT2D eigenvalue weighted by molar-refractivity contribution is 0.0899. The number of pyridine rings is 1. The second-order valence-corrected chi connectivity index (χ2v) is 2.69. The van der Waals surface area contributed by atoms with Gasteiger partial charge in [-0.25, -0.2) is 0 Å². The molecule has 0 saturated carbocycles. The summed E-state index contributed by atoms with van der Waals surface area (Å²) in [5.74, 6) is 0. The van der Waals surface area contributed by atoms with Crippen molar-refractivity contribution in [2.45, 2.75) is 12.3 Å². The summed E-state index contributed by atoms with van der Waals surface area (Å²) in [7, 11) is 0. The van der Waals surface area contributed by atoms with Gasteiger partial charge in [-0.2, -0.15) is 8.78 Å². The predicted octanol–water partition coefficient (Wildman–Crippen LogP) is 2.68. The topological polar surface area (TPSA) is 12.9 Å². The van der Waals surface area contributed by atoms with Crippen LogP contribution in [0.25, 0.3) is 0 Å². The summed E-state index contributed by atoms with van der Waals surface area (Å²) in [6.07, 6.45) is 1.31. The van der Waals surface area contributed by atoms with E-state index < -0.39 is 11.1 Å². The Labute approximate surface area is 68.0 Å². The average Bonchev–Trinajstić information content (AvgIpc) is 1.86. The fourth-order valence-electron chi connectivity index (χ4n) is 0.691. The minimum atomic E-state index is -3.36. The maximum atomic E-state index is 12.3. The molecule has 0 aliphatic heterocycles. The molecule has 0 radical (unpaired) electrons. The van der Waals surface area contributed by atoms with Gasteiger partial charge in [0.25, 0.3) is 0 Å². The first-order chi connectivity index (χ1) is 5.00. The molecule has 1 heterocycles. The van der Waals surface area contributed by atoms with E-state index in [9.17, 15) is 8.78 Å². The van der Waals surface area contributed by atoms with Crippen LogP contribution < -0.4 is 0 Å². The van der Waals surface area contributed by atoms with E-state index in [4.69, 9.17) is 11.6 Å². The van der Waals surface area contributed by atoms with Crippen molar-refractivity contribution < 1.29 is 8.78 Å². The Kier molecular flexibility index (Phi) is 2.09. The summed E-state index contributed by atoms with van der Waals surface area (Å²) in [6, 6.07) is 2.89. The van der Waals surface area contributed by atoms with E-state index in [-0.39, 0.29) is 0 Å². The molecule has 0 aliphatic rings. The van der Waals surface area contributed by atoms with Crippen molar-refractivity contribution in [2.24, 2.45) is 0 Å². The number of rotatable bonds is 1. The number of hydrogen-bond donors (Lipinski definition) is 0. The number of aryl methyl sites for hydroxylation is 1. The van der Waals surface area contributed by atoms with Crippen LogP contribution in [0, 0.1) is 6.92 Å². The molecule has 1 aromatic rings. The van der Waals surface area contributed by atoms with Crippen LogP contribution in [0.3, 0.4) is 0 Å². The zero-order chi connectivity index (χ0) is 8.48. The Bertz CT molecular complexity index is 257. The third-order valence-electron chi connectivity index (χ3n) is 1.21. The molecule has 0 saturated heterocycles. The zero-order valence-corrected chi connectivity index (χ0v) is 6.57. The molecule has 0 amide bonds. The van der Waals surface area contributed by atoms with Crippen molar-refractivity contribution >= 4 is 11.6 Å². The van der Waals surface area contributed by atoms with Crippen LogP contribution in [0.5, 0.6) is 0 Å². The Morgan fingerprint density at radius 2 is 2.18 bits per heavy atom. The van der Waals surface area contributed by atoms with Crippen molar-refractivity contribution in [2.75, 3.05) is 0 Å². The maximum absolute atomic E-state index is 12.3. The lowest BCUT2D eigenvalue weighted by atomic mass is 10.2. The normalized spacial score (nSPS) is 11.6. The molecular formula is C7H6ClF2N. The molecular weight excluding hydrogens is 172 g/mol. The van der Waals surface area contributed by atoms with Gasteiger partial charge in [-0.3, -0.25) is 4.98 Å². The van der Waals surface area contributed by atoms with E-state index in [0.717, 1.165) is 5.56 Å². The van der Waals surface area contributed by atoms with Gasteiger partial charge in [0, 0.05) is 6.20 Å². The van der Waals surface area contributed by atoms with E-state index in [1.54, 1.807) is 13.0 Å². The third kappa shape index (κ3) is 2.12. The van der Waals surface area contributed by atoms with E-state index in [0.29, 0.717) is 0 Å². The maximum Gasteiger partial charge on any atom is 0.364 e. The molecule has 0 unspecified atom stereocenters. The summed E-state index contributed by atoms with van der Waals surface area (Å²) in [4.78, 5) is 3.43. The highest BCUT2D eigenvalue weighted by atomic mass is 35.5. The Morgan fingerprint density at radius 1 is 1.55 bits per heavy atom. The first-order valence-corrected chi connectivity index (χ1v) is 3.38. The van der Waals surface area contributed by atoms with Crippen LogP contribution in [0.2, 0.25) is 0 Å². The standard InChI is InChI=1S/C7H6ClF2N/c1-5-2-3-11-6(4-5)7(8,9)10/h2-4H,1H3. The SMILES string of the molecule is Cc1ccnc(C(F)(F)Cl)c1. The highest BCUT2D eigenvalue weighted by molar-refractivity contribution is 6.21. The minimum absolute atomic E-state index is 0.404. The molecule has 0 atom stereocenters. The van der Waals surface area contributed by atoms with Crippen LogP contribution in [0.1, 0.15) is 11.3 Å². The van der Waals surface area contributed by atoms with Gasteiger partial charge in [0.1, 0.15) is 5.69 Å². The van der Waals surface area contributed by atoms with Crippen LogP contribution in [-0.2, 0) is 5.38 Å². The van der Waals surface area contributed by atoms with Gasteiger partial charge in [0.2, 0.25) is 0 Å². The van der Waals surface area contributed by atoms with Crippen LogP contribution in [-0.4, -0.2) is 4.98 Å². The van der Waals surface area contributed by atoms with Crippen LogP contribution >= 0.6 is 11.6 Å². The van der Waals surface area contributed by atoms with E-state index in [1.165, 1.54) is 12.3 Å². The number of hydrogen-bond acceptors (Lipinski definition) is 1. The number of aromatic nitrogens is 1. The van der Waals surface area contributed by atoms with Crippen molar-refractivity contribution in [1.29, 1.82) is 0 Å². The van der Waals surface area contributed by atoms with Gasteiger partial charge in [-0.1, -0.05) is 0 Å². The fourth-order valence-corrected chi connectivity index (χ4v) is 0.795. The Hall–Kier alpha value is -0.700. The molecule has 0 spiro atoms. The minimum Gasteiger partial charge on any atom is -0.254 e. The van der Waals surface area contributed by atoms with Gasteiger partial charge in [0.15, 0.2) is 0 Å². The molecule has 0 aliphatic carbocycles. The summed E-state index contributed by atoms with van der Waals surface area (Å²) in [5.41, 5.74) is 0.314. The fraction of sp³-hybridized carbons (Fsp3) is 0.286. The summed E-state index contributed by atoms with van der Waals surface area (Å²) < 4.78 is 24.7. The summed E-state index contributed by atoms with van der Waals surface area (Å²) in [6.45, 7) is 1.70. The van der Waals surface area contributed by atoms with Crippen LogP contribution in [0.15, 0.2) is 18.3 Å². The molecule has 4 heteroatoms. The van der Waals surface area contributed by atoms with Gasteiger partial charge in [0.05, 0.1) is 0 Å². The third-order valence-corrected chi connectivity index (χ3v) is 1.40. The molecule has 1 nitrogen and oxygen atoms in total. The monoisotopic (exact) mass is 177 g/mol. The highest BCUT2D eigenvalue weighted by Crippen LogP contribution is 2.30. The summed E-state index contributed by atoms with van der Waals surface area (Å²) >= 11 is 4.73. The predicted molar refractivity (Wildman–Crippen MR) is 38.7 cm³/mol. The van der Waals surface area contributed by atoms with Gasteiger partial charge < -0.3 is 0 Å². The smallest absolute Gasteiger partial charge is 0.254 e. The number of halogens is 3. The summed E-state index contributed by atoms with van der Waals surface area (Å²) in [5, 5.41) is -3.36. The lowest BCUT2D eigenvalue weighted by Crippen LogP contribution is -2.05. The quantitative estimate of drug-likeness (QED) is 0.601. The van der Waals surface area contributed by atoms with E-state index in [2.05, 4.69) is 4.98 Å². The van der Waals surface area contributed by atoms with Crippen molar-refractivity contribution in [3.63, 3.8) is 0 Å². The number of nitrogens with zero attached hydrogens (tertiary/aromatic N) is 1. The van der Waals surface area contributed by atoms with E-state index >= 15 is 0 Å². The van der Waals surface area contributed by atoms with Crippen LogP contribution in [0.4, 0.5) is 8.78 Å². The first kappa shape index (κ1) is 8.40. The molecule has 1 aromatic heterocycles. The first-order valence-electron chi connectivity index (χ1n) is 3.00. The molecule has 0 bridgehead atoms. The van der Waals surface area contributed by atoms with Crippen molar-refractivity contribution in [1.82, 2.24) is 4.98 Å². The van der Waals surface area contributed by atoms with Gasteiger partial charge >= 0.3 is 5.38 Å². The molecule has 60 valence electrons. The number of alkyl halides is 3. The van der Waals surface area contributed by atoms with Gasteiger partial charge in [-0.05, 0) is 36.2 Å².